The fourth-order valence-corrected chi connectivity index (χ4v) is 5.19. The summed E-state index contributed by atoms with van der Waals surface area (Å²) in [7, 11) is 0. The van der Waals surface area contributed by atoms with Crippen molar-refractivity contribution in [3.8, 4) is 39.7 Å². The normalized spacial score (nSPS) is 11.1. The van der Waals surface area contributed by atoms with E-state index in [4.69, 9.17) is 4.98 Å². The number of nitrogens with zero attached hydrogens (tertiary/aromatic N) is 3. The zero-order valence-electron chi connectivity index (χ0n) is 20.5. The summed E-state index contributed by atoms with van der Waals surface area (Å²) in [6, 6.07) is 44.0. The maximum absolute atomic E-state index is 9.18. The molecule has 38 heavy (non-hydrogen) atoms. The Balaban J connectivity index is 1.33. The molecule has 0 amide bonds. The first-order valence-corrected chi connectivity index (χ1v) is 12.6. The molecule has 176 valence electrons. The second kappa shape index (κ2) is 8.96. The Hall–Kier alpha value is -5.33. The van der Waals surface area contributed by atoms with E-state index in [0.717, 1.165) is 55.3 Å². The molecular formula is C35H21N3. The van der Waals surface area contributed by atoms with Crippen molar-refractivity contribution in [1.29, 1.82) is 5.26 Å². The summed E-state index contributed by atoms with van der Waals surface area (Å²) in [6.07, 6.45) is 1.89. The largest absolute Gasteiger partial charge is 0.236 e. The molecular weight excluding hydrogens is 462 g/mol. The summed E-state index contributed by atoms with van der Waals surface area (Å²) in [5.74, 6) is 0.736. The molecule has 0 saturated carbocycles. The minimum atomic E-state index is 0.666. The van der Waals surface area contributed by atoms with Crippen LogP contribution in [0, 0.1) is 11.3 Å². The summed E-state index contributed by atoms with van der Waals surface area (Å²) in [5.41, 5.74) is 7.22. The molecule has 6 aromatic carbocycles. The predicted molar refractivity (Wildman–Crippen MR) is 156 cm³/mol. The summed E-state index contributed by atoms with van der Waals surface area (Å²) < 4.78 is 0. The molecule has 0 bridgehead atoms. The van der Waals surface area contributed by atoms with Crippen LogP contribution < -0.4 is 0 Å². The lowest BCUT2D eigenvalue weighted by atomic mass is 9.93. The SMILES string of the molecule is N#Cc1ccc(-c2cccc3ccc(-c4ccc5c(-c6ncc7ccccc7n6)cccc5c4)cc23)cc1. The molecule has 7 rings (SSSR count). The van der Waals surface area contributed by atoms with Crippen molar-refractivity contribution in [2.75, 3.05) is 0 Å². The zero-order chi connectivity index (χ0) is 25.5. The van der Waals surface area contributed by atoms with Crippen molar-refractivity contribution in [3.63, 3.8) is 0 Å². The van der Waals surface area contributed by atoms with Crippen molar-refractivity contribution in [1.82, 2.24) is 9.97 Å². The Kier molecular flexibility index (Phi) is 5.17. The molecule has 0 radical (unpaired) electrons. The Morgan fingerprint density at radius 1 is 0.526 bits per heavy atom. The molecule has 3 nitrogen and oxygen atoms in total. The Bertz CT molecular complexity index is 2030. The fourth-order valence-electron chi connectivity index (χ4n) is 5.19. The van der Waals surface area contributed by atoms with Gasteiger partial charge in [-0.1, -0.05) is 91.0 Å². The van der Waals surface area contributed by atoms with Crippen molar-refractivity contribution in [2.45, 2.75) is 0 Å². The third kappa shape index (κ3) is 3.77. The molecule has 7 aromatic rings. The molecule has 0 aliphatic carbocycles. The van der Waals surface area contributed by atoms with Gasteiger partial charge in [0.25, 0.3) is 0 Å². The minimum Gasteiger partial charge on any atom is -0.236 e. The number of nitriles is 1. The third-order valence-electron chi connectivity index (χ3n) is 7.15. The molecule has 0 unspecified atom stereocenters. The first kappa shape index (κ1) is 21.9. The van der Waals surface area contributed by atoms with Crippen LogP contribution in [0.4, 0.5) is 0 Å². The molecule has 0 saturated heterocycles. The van der Waals surface area contributed by atoms with Crippen LogP contribution in [0.1, 0.15) is 5.56 Å². The van der Waals surface area contributed by atoms with Gasteiger partial charge in [-0.2, -0.15) is 5.26 Å². The van der Waals surface area contributed by atoms with Gasteiger partial charge in [0, 0.05) is 17.1 Å². The minimum absolute atomic E-state index is 0.666. The molecule has 0 aliphatic heterocycles. The van der Waals surface area contributed by atoms with Crippen molar-refractivity contribution < 1.29 is 0 Å². The molecule has 0 N–H and O–H groups in total. The van der Waals surface area contributed by atoms with Crippen molar-refractivity contribution in [3.05, 3.63) is 133 Å². The second-order valence-electron chi connectivity index (χ2n) is 9.42. The van der Waals surface area contributed by atoms with Crippen LogP contribution in [-0.2, 0) is 0 Å². The quantitative estimate of drug-likeness (QED) is 0.252. The van der Waals surface area contributed by atoms with Gasteiger partial charge in [0.15, 0.2) is 5.82 Å². The molecule has 0 fully saturated rings. The van der Waals surface area contributed by atoms with Gasteiger partial charge in [0.05, 0.1) is 17.1 Å². The highest BCUT2D eigenvalue weighted by Gasteiger charge is 2.10. The first-order chi connectivity index (χ1) is 18.8. The van der Waals surface area contributed by atoms with Crippen molar-refractivity contribution in [2.24, 2.45) is 0 Å². The second-order valence-corrected chi connectivity index (χ2v) is 9.42. The van der Waals surface area contributed by atoms with Gasteiger partial charge < -0.3 is 0 Å². The van der Waals surface area contributed by atoms with E-state index < -0.39 is 0 Å². The van der Waals surface area contributed by atoms with E-state index in [2.05, 4.69) is 83.8 Å². The van der Waals surface area contributed by atoms with Crippen LogP contribution in [0.5, 0.6) is 0 Å². The number of hydrogen-bond acceptors (Lipinski definition) is 3. The highest BCUT2D eigenvalue weighted by molar-refractivity contribution is 6.01. The summed E-state index contributed by atoms with van der Waals surface area (Å²) in [5, 5.41) is 14.9. The van der Waals surface area contributed by atoms with Crippen LogP contribution in [0.15, 0.2) is 128 Å². The Morgan fingerprint density at radius 2 is 1.24 bits per heavy atom. The van der Waals surface area contributed by atoms with E-state index in [9.17, 15) is 5.26 Å². The number of para-hydroxylation sites is 1. The van der Waals surface area contributed by atoms with Gasteiger partial charge in [-0.3, -0.25) is 0 Å². The summed E-state index contributed by atoms with van der Waals surface area (Å²) >= 11 is 0. The molecule has 3 heteroatoms. The maximum atomic E-state index is 9.18. The Labute approximate surface area is 220 Å². The maximum Gasteiger partial charge on any atom is 0.160 e. The molecule has 0 aliphatic rings. The van der Waals surface area contributed by atoms with Gasteiger partial charge in [-0.15, -0.1) is 0 Å². The molecule has 0 spiro atoms. The standard InChI is InChI=1S/C35H21N3/c36-21-23-11-13-25(14-12-23)30-8-3-6-24-15-16-27(20-33(24)30)26-17-18-31-28(19-26)7-4-9-32(31)35-37-22-29-5-1-2-10-34(29)38-35/h1-20,22H. The molecule has 1 aromatic heterocycles. The van der Waals surface area contributed by atoms with Gasteiger partial charge in [0.2, 0.25) is 0 Å². The monoisotopic (exact) mass is 483 g/mol. The smallest absolute Gasteiger partial charge is 0.160 e. The number of aromatic nitrogens is 2. The van der Waals surface area contributed by atoms with Crippen molar-refractivity contribution >= 4 is 32.4 Å². The van der Waals surface area contributed by atoms with E-state index in [-0.39, 0.29) is 0 Å². The van der Waals surface area contributed by atoms with E-state index in [0.29, 0.717) is 5.56 Å². The fraction of sp³-hybridized carbons (Fsp3) is 0. The molecule has 1 heterocycles. The third-order valence-corrected chi connectivity index (χ3v) is 7.15. The lowest BCUT2D eigenvalue weighted by Gasteiger charge is -2.11. The zero-order valence-corrected chi connectivity index (χ0v) is 20.5. The highest BCUT2D eigenvalue weighted by Crippen LogP contribution is 2.35. The lowest BCUT2D eigenvalue weighted by molar-refractivity contribution is 1.23. The van der Waals surface area contributed by atoms with E-state index in [1.807, 2.05) is 54.7 Å². The van der Waals surface area contributed by atoms with Crippen LogP contribution >= 0.6 is 0 Å². The molecule has 0 atom stereocenters. The van der Waals surface area contributed by atoms with E-state index in [1.165, 1.54) is 10.8 Å². The van der Waals surface area contributed by atoms with Gasteiger partial charge in [0.1, 0.15) is 0 Å². The summed E-state index contributed by atoms with van der Waals surface area (Å²) in [6.45, 7) is 0. The van der Waals surface area contributed by atoms with Crippen LogP contribution in [0.3, 0.4) is 0 Å². The predicted octanol–water partition coefficient (Wildman–Crippen LogP) is 8.81. The Morgan fingerprint density at radius 3 is 2.11 bits per heavy atom. The topological polar surface area (TPSA) is 49.6 Å². The van der Waals surface area contributed by atoms with Crippen LogP contribution in [-0.4, -0.2) is 9.97 Å². The number of hydrogen-bond donors (Lipinski definition) is 0. The van der Waals surface area contributed by atoms with Gasteiger partial charge in [-0.05, 0) is 74.1 Å². The summed E-state index contributed by atoms with van der Waals surface area (Å²) in [4.78, 5) is 9.49. The number of benzene rings is 6. The average Bonchev–Trinajstić information content (AvgIpc) is 2.99. The van der Waals surface area contributed by atoms with Crippen LogP contribution in [0.2, 0.25) is 0 Å². The number of fused-ring (bicyclic) bond motifs is 3. The first-order valence-electron chi connectivity index (χ1n) is 12.6. The average molecular weight is 484 g/mol. The van der Waals surface area contributed by atoms with E-state index in [1.54, 1.807) is 0 Å². The van der Waals surface area contributed by atoms with Crippen LogP contribution in [0.25, 0.3) is 66.1 Å². The van der Waals surface area contributed by atoms with Gasteiger partial charge in [-0.25, -0.2) is 9.97 Å². The highest BCUT2D eigenvalue weighted by atomic mass is 14.9. The van der Waals surface area contributed by atoms with E-state index >= 15 is 0 Å². The number of rotatable bonds is 3. The lowest BCUT2D eigenvalue weighted by Crippen LogP contribution is -1.91. The van der Waals surface area contributed by atoms with Gasteiger partial charge >= 0.3 is 0 Å².